The molecular formula is C11H12OS2. The van der Waals surface area contributed by atoms with Crippen LogP contribution in [0.4, 0.5) is 0 Å². The van der Waals surface area contributed by atoms with Crippen molar-refractivity contribution in [3.63, 3.8) is 0 Å². The second-order valence-corrected chi connectivity index (χ2v) is 4.63. The first-order chi connectivity index (χ1) is 6.76. The summed E-state index contributed by atoms with van der Waals surface area (Å²) >= 11 is 6.05. The number of aryl methyl sites for hydroxylation is 1. The van der Waals surface area contributed by atoms with Crippen molar-refractivity contribution in [3.05, 3.63) is 28.6 Å². The highest BCUT2D eigenvalue weighted by Gasteiger charge is 2.07. The molecule has 0 aliphatic rings. The van der Waals surface area contributed by atoms with Crippen molar-refractivity contribution in [2.24, 2.45) is 0 Å². The molecule has 0 bridgehead atoms. The fourth-order valence-corrected chi connectivity index (χ4v) is 2.92. The smallest absolute Gasteiger partial charge is 0.0695 e. The van der Waals surface area contributed by atoms with E-state index >= 15 is 0 Å². The molecular weight excluding hydrogens is 212 g/mol. The third-order valence-electron chi connectivity index (χ3n) is 2.37. The number of aliphatic hydroxyl groups excluding tert-OH is 1. The van der Waals surface area contributed by atoms with Gasteiger partial charge in [-0.1, -0.05) is 13.0 Å². The summed E-state index contributed by atoms with van der Waals surface area (Å²) in [5, 5.41) is 12.4. The first kappa shape index (κ1) is 10.0. The number of thiophene rings is 1. The largest absolute Gasteiger partial charge is 0.392 e. The monoisotopic (exact) mass is 224 g/mol. The Morgan fingerprint density at radius 3 is 2.86 bits per heavy atom. The number of fused-ring (bicyclic) bond motifs is 1. The summed E-state index contributed by atoms with van der Waals surface area (Å²) in [6.07, 6.45) is 0.992. The Kier molecular flexibility index (Phi) is 2.81. The van der Waals surface area contributed by atoms with Crippen LogP contribution in [0.2, 0.25) is 0 Å². The average molecular weight is 224 g/mol. The standard InChI is InChI=1S/C11H12OS2/c1-2-7-3-8(5-12)11-9(4-7)10(13)6-14-11/h3-4,6,12-13H,2,5H2,1H3. The van der Waals surface area contributed by atoms with Crippen LogP contribution in [-0.4, -0.2) is 5.11 Å². The predicted molar refractivity (Wildman–Crippen MR) is 64.4 cm³/mol. The molecule has 0 amide bonds. The Labute approximate surface area is 92.8 Å². The first-order valence-corrected chi connectivity index (χ1v) is 5.91. The molecule has 2 aromatic rings. The van der Waals surface area contributed by atoms with Crippen LogP contribution in [0, 0.1) is 0 Å². The molecule has 0 aliphatic carbocycles. The predicted octanol–water partition coefficient (Wildman–Crippen LogP) is 3.24. The highest BCUT2D eigenvalue weighted by molar-refractivity contribution is 7.80. The maximum atomic E-state index is 9.25. The zero-order valence-corrected chi connectivity index (χ0v) is 9.66. The van der Waals surface area contributed by atoms with E-state index in [9.17, 15) is 5.11 Å². The van der Waals surface area contributed by atoms with Crippen molar-refractivity contribution in [1.29, 1.82) is 0 Å². The SMILES string of the molecule is CCc1cc(CO)c2scc(S)c2c1. The van der Waals surface area contributed by atoms with Gasteiger partial charge in [-0.2, -0.15) is 0 Å². The maximum Gasteiger partial charge on any atom is 0.0695 e. The van der Waals surface area contributed by atoms with Gasteiger partial charge in [0.25, 0.3) is 0 Å². The molecule has 0 saturated carbocycles. The third-order valence-corrected chi connectivity index (χ3v) is 3.98. The van der Waals surface area contributed by atoms with Crippen LogP contribution in [0.15, 0.2) is 22.4 Å². The highest BCUT2D eigenvalue weighted by atomic mass is 32.1. The van der Waals surface area contributed by atoms with Gasteiger partial charge >= 0.3 is 0 Å². The molecule has 1 N–H and O–H groups in total. The second kappa shape index (κ2) is 3.93. The minimum atomic E-state index is 0.109. The Hall–Kier alpha value is -0.510. The molecule has 2 rings (SSSR count). The van der Waals surface area contributed by atoms with E-state index in [4.69, 9.17) is 0 Å². The van der Waals surface area contributed by atoms with E-state index in [1.54, 1.807) is 11.3 Å². The van der Waals surface area contributed by atoms with E-state index in [2.05, 4.69) is 31.7 Å². The number of aliphatic hydroxyl groups is 1. The molecule has 14 heavy (non-hydrogen) atoms. The van der Waals surface area contributed by atoms with E-state index < -0.39 is 0 Å². The fraction of sp³-hybridized carbons (Fsp3) is 0.273. The Bertz CT molecular complexity index is 460. The van der Waals surface area contributed by atoms with E-state index in [0.29, 0.717) is 0 Å². The maximum absolute atomic E-state index is 9.25. The van der Waals surface area contributed by atoms with E-state index in [0.717, 1.165) is 21.6 Å². The molecule has 1 nitrogen and oxygen atoms in total. The number of rotatable bonds is 2. The molecule has 0 fully saturated rings. The summed E-state index contributed by atoms with van der Waals surface area (Å²) in [4.78, 5) is 1.01. The lowest BCUT2D eigenvalue weighted by Crippen LogP contribution is -1.87. The van der Waals surface area contributed by atoms with Gasteiger partial charge in [0.15, 0.2) is 0 Å². The van der Waals surface area contributed by atoms with Crippen molar-refractivity contribution >= 4 is 34.1 Å². The van der Waals surface area contributed by atoms with Crippen LogP contribution in [0.1, 0.15) is 18.1 Å². The van der Waals surface area contributed by atoms with Crippen molar-refractivity contribution in [2.75, 3.05) is 0 Å². The molecule has 3 heteroatoms. The normalized spacial score (nSPS) is 11.1. The molecule has 1 aromatic carbocycles. The minimum absolute atomic E-state index is 0.109. The lowest BCUT2D eigenvalue weighted by Gasteiger charge is -2.03. The molecule has 0 spiro atoms. The number of hydrogen-bond acceptors (Lipinski definition) is 3. The van der Waals surface area contributed by atoms with Gasteiger partial charge in [-0.15, -0.1) is 24.0 Å². The van der Waals surface area contributed by atoms with E-state index in [1.807, 2.05) is 5.38 Å². The van der Waals surface area contributed by atoms with Crippen molar-refractivity contribution < 1.29 is 5.11 Å². The zero-order valence-electron chi connectivity index (χ0n) is 7.95. The lowest BCUT2D eigenvalue weighted by atomic mass is 10.1. The molecule has 0 saturated heterocycles. The molecule has 0 radical (unpaired) electrons. The summed E-state index contributed by atoms with van der Waals surface area (Å²) in [6.45, 7) is 2.23. The summed E-state index contributed by atoms with van der Waals surface area (Å²) in [7, 11) is 0. The van der Waals surface area contributed by atoms with Crippen LogP contribution in [0.5, 0.6) is 0 Å². The fourth-order valence-electron chi connectivity index (χ4n) is 1.58. The molecule has 1 heterocycles. The summed E-state index contributed by atoms with van der Waals surface area (Å²) < 4.78 is 1.16. The van der Waals surface area contributed by atoms with Gasteiger partial charge in [-0.05, 0) is 23.6 Å². The van der Waals surface area contributed by atoms with Crippen molar-refractivity contribution in [1.82, 2.24) is 0 Å². The third kappa shape index (κ3) is 1.56. The van der Waals surface area contributed by atoms with Crippen molar-refractivity contribution in [2.45, 2.75) is 24.8 Å². The summed E-state index contributed by atoms with van der Waals surface area (Å²) in [6, 6.07) is 4.24. The molecule has 0 atom stereocenters. The Morgan fingerprint density at radius 1 is 1.43 bits per heavy atom. The van der Waals surface area contributed by atoms with Crippen LogP contribution < -0.4 is 0 Å². The van der Waals surface area contributed by atoms with Gasteiger partial charge in [0.2, 0.25) is 0 Å². The topological polar surface area (TPSA) is 20.2 Å². The molecule has 0 unspecified atom stereocenters. The number of benzene rings is 1. The van der Waals surface area contributed by atoms with Crippen LogP contribution in [0.3, 0.4) is 0 Å². The van der Waals surface area contributed by atoms with Crippen LogP contribution in [0.25, 0.3) is 10.1 Å². The highest BCUT2D eigenvalue weighted by Crippen LogP contribution is 2.32. The average Bonchev–Trinajstić information content (AvgIpc) is 2.59. The quantitative estimate of drug-likeness (QED) is 0.750. The first-order valence-electron chi connectivity index (χ1n) is 4.59. The van der Waals surface area contributed by atoms with Crippen LogP contribution in [-0.2, 0) is 13.0 Å². The summed E-state index contributed by atoms with van der Waals surface area (Å²) in [5.74, 6) is 0. The Morgan fingerprint density at radius 2 is 2.21 bits per heavy atom. The van der Waals surface area contributed by atoms with E-state index in [-0.39, 0.29) is 6.61 Å². The van der Waals surface area contributed by atoms with Gasteiger partial charge in [0.05, 0.1) is 6.61 Å². The van der Waals surface area contributed by atoms with Gasteiger partial charge in [0, 0.05) is 20.4 Å². The molecule has 0 aliphatic heterocycles. The lowest BCUT2D eigenvalue weighted by molar-refractivity contribution is 0.283. The summed E-state index contributed by atoms with van der Waals surface area (Å²) in [5.41, 5.74) is 2.28. The van der Waals surface area contributed by atoms with Gasteiger partial charge < -0.3 is 5.11 Å². The number of thiol groups is 1. The Balaban J connectivity index is 2.76. The van der Waals surface area contributed by atoms with Gasteiger partial charge in [-0.3, -0.25) is 0 Å². The molecule has 1 aromatic heterocycles. The second-order valence-electron chi connectivity index (χ2n) is 3.26. The van der Waals surface area contributed by atoms with Crippen molar-refractivity contribution in [3.8, 4) is 0 Å². The zero-order chi connectivity index (χ0) is 10.1. The van der Waals surface area contributed by atoms with Gasteiger partial charge in [-0.25, -0.2) is 0 Å². The van der Waals surface area contributed by atoms with Gasteiger partial charge in [0.1, 0.15) is 0 Å². The molecule has 74 valence electrons. The van der Waals surface area contributed by atoms with Crippen LogP contribution >= 0.6 is 24.0 Å². The van der Waals surface area contributed by atoms with E-state index in [1.165, 1.54) is 10.9 Å². The number of hydrogen-bond donors (Lipinski definition) is 2. The minimum Gasteiger partial charge on any atom is -0.392 e.